The predicted molar refractivity (Wildman–Crippen MR) is 64.3 cm³/mol. The molecule has 17 heavy (non-hydrogen) atoms. The first kappa shape index (κ1) is 15.7. The Labute approximate surface area is 102 Å². The molecule has 7 heteroatoms. The summed E-state index contributed by atoms with van der Waals surface area (Å²) in [5.74, 6) is 2.36. The molecule has 0 aromatic rings. The fraction of sp³-hybridized carbons (Fsp3) is 0.700. The van der Waals surface area contributed by atoms with Crippen LogP contribution in [0.3, 0.4) is 0 Å². The topological polar surface area (TPSA) is 84.5 Å². The van der Waals surface area contributed by atoms with Crippen molar-refractivity contribution in [2.75, 3.05) is 0 Å². The summed E-state index contributed by atoms with van der Waals surface area (Å²) < 4.78 is 31.6. The van der Waals surface area contributed by atoms with E-state index in [9.17, 15) is 13.2 Å². The lowest BCUT2D eigenvalue weighted by Crippen LogP contribution is -2.45. The van der Waals surface area contributed by atoms with Crippen molar-refractivity contribution >= 4 is 16.3 Å². The summed E-state index contributed by atoms with van der Waals surface area (Å²) >= 11 is 0. The zero-order valence-corrected chi connectivity index (χ0v) is 11.0. The molecule has 1 atom stereocenters. The van der Waals surface area contributed by atoms with Gasteiger partial charge in [-0.05, 0) is 20.3 Å². The van der Waals surface area contributed by atoms with Crippen LogP contribution in [-0.4, -0.2) is 26.7 Å². The van der Waals surface area contributed by atoms with Crippen LogP contribution in [0.4, 0.5) is 4.79 Å². The van der Waals surface area contributed by atoms with E-state index >= 15 is 0 Å². The third-order valence-corrected chi connectivity index (χ3v) is 2.82. The van der Waals surface area contributed by atoms with Crippen LogP contribution in [0.1, 0.15) is 33.6 Å². The molecule has 2 N–H and O–H groups in total. The van der Waals surface area contributed by atoms with Crippen molar-refractivity contribution in [1.82, 2.24) is 9.44 Å². The van der Waals surface area contributed by atoms with Crippen molar-refractivity contribution < 1.29 is 17.9 Å². The quantitative estimate of drug-likeness (QED) is 0.692. The zero-order valence-electron chi connectivity index (χ0n) is 10.2. The summed E-state index contributed by atoms with van der Waals surface area (Å²) in [5, 5.41) is 0. The minimum absolute atomic E-state index is 0.261. The van der Waals surface area contributed by atoms with E-state index < -0.39 is 28.4 Å². The van der Waals surface area contributed by atoms with Crippen molar-refractivity contribution in [3.63, 3.8) is 0 Å². The van der Waals surface area contributed by atoms with E-state index in [0.717, 1.165) is 0 Å². The van der Waals surface area contributed by atoms with Crippen LogP contribution < -0.4 is 9.44 Å². The molecule has 0 aromatic heterocycles. The highest BCUT2D eigenvalue weighted by Crippen LogP contribution is 1.98. The fourth-order valence-electron chi connectivity index (χ4n) is 1.01. The van der Waals surface area contributed by atoms with E-state index in [1.165, 1.54) is 0 Å². The lowest BCUT2D eigenvalue weighted by atomic mass is 10.2. The number of hydrogen-bond acceptors (Lipinski definition) is 4. The molecule has 0 saturated heterocycles. The van der Waals surface area contributed by atoms with Gasteiger partial charge in [0.1, 0.15) is 0 Å². The lowest BCUT2D eigenvalue weighted by Gasteiger charge is -2.15. The van der Waals surface area contributed by atoms with Crippen LogP contribution in [0.2, 0.25) is 0 Å². The summed E-state index contributed by atoms with van der Waals surface area (Å²) in [7, 11) is -3.93. The summed E-state index contributed by atoms with van der Waals surface area (Å²) in [6.07, 6.45) is 4.48. The molecule has 0 bridgehead atoms. The Hall–Kier alpha value is -1.26. The first-order valence-electron chi connectivity index (χ1n) is 5.24. The molecule has 0 rings (SSSR count). The Balaban J connectivity index is 4.39. The standard InChI is InChI=1S/C10H18N2O4S/c1-5-7-9(6-2)11-17(14,15)12-10(13)16-8(3)4/h1,8-9,11H,6-7H2,2-4H3,(H,12,13). The second-order valence-corrected chi connectivity index (χ2v) is 5.14. The smallest absolute Gasteiger partial charge is 0.422 e. The van der Waals surface area contributed by atoms with E-state index in [-0.39, 0.29) is 6.42 Å². The van der Waals surface area contributed by atoms with Crippen molar-refractivity contribution in [3.05, 3.63) is 0 Å². The van der Waals surface area contributed by atoms with Gasteiger partial charge in [-0.25, -0.2) is 9.52 Å². The zero-order chi connectivity index (χ0) is 13.5. The van der Waals surface area contributed by atoms with Gasteiger partial charge in [0.15, 0.2) is 0 Å². The molecule has 0 spiro atoms. The van der Waals surface area contributed by atoms with Crippen LogP contribution in [0.15, 0.2) is 0 Å². The summed E-state index contributed by atoms with van der Waals surface area (Å²) in [6, 6.07) is -0.399. The van der Waals surface area contributed by atoms with E-state index in [4.69, 9.17) is 6.42 Å². The normalized spacial score (nSPS) is 12.9. The Morgan fingerprint density at radius 3 is 2.47 bits per heavy atom. The largest absolute Gasteiger partial charge is 0.446 e. The van der Waals surface area contributed by atoms with Gasteiger partial charge in [0.2, 0.25) is 0 Å². The molecule has 0 saturated carbocycles. The molecule has 0 radical (unpaired) electrons. The van der Waals surface area contributed by atoms with Crippen molar-refractivity contribution in [3.8, 4) is 12.3 Å². The van der Waals surface area contributed by atoms with Gasteiger partial charge in [0.05, 0.1) is 6.10 Å². The van der Waals surface area contributed by atoms with Crippen molar-refractivity contribution in [1.29, 1.82) is 0 Å². The number of nitrogens with one attached hydrogen (secondary N) is 2. The Bertz CT molecular complexity index is 384. The van der Waals surface area contributed by atoms with Gasteiger partial charge in [-0.1, -0.05) is 6.92 Å². The molecule has 0 aliphatic rings. The van der Waals surface area contributed by atoms with Crippen LogP contribution in [-0.2, 0) is 14.9 Å². The SMILES string of the molecule is C#CCC(CC)NS(=O)(=O)NC(=O)OC(C)C. The van der Waals surface area contributed by atoms with Crippen LogP contribution in [0.25, 0.3) is 0 Å². The van der Waals surface area contributed by atoms with Gasteiger partial charge in [-0.15, -0.1) is 12.3 Å². The molecule has 0 aliphatic carbocycles. The summed E-state index contributed by atoms with van der Waals surface area (Å²) in [4.78, 5) is 11.1. The Kier molecular flexibility index (Phi) is 6.61. The molecular weight excluding hydrogens is 244 g/mol. The minimum atomic E-state index is -3.93. The van der Waals surface area contributed by atoms with E-state index in [2.05, 4.69) is 15.4 Å². The number of carbonyl (C=O) groups excluding carboxylic acids is 1. The fourth-order valence-corrected chi connectivity index (χ4v) is 2.02. The maximum absolute atomic E-state index is 11.5. The predicted octanol–water partition coefficient (Wildman–Crippen LogP) is 0.757. The first-order valence-corrected chi connectivity index (χ1v) is 6.73. The van der Waals surface area contributed by atoms with E-state index in [0.29, 0.717) is 6.42 Å². The van der Waals surface area contributed by atoms with Gasteiger partial charge in [0, 0.05) is 12.5 Å². The maximum atomic E-state index is 11.5. The minimum Gasteiger partial charge on any atom is -0.446 e. The van der Waals surface area contributed by atoms with Gasteiger partial charge in [-0.3, -0.25) is 0 Å². The lowest BCUT2D eigenvalue weighted by molar-refractivity contribution is 0.121. The number of carbonyl (C=O) groups is 1. The molecule has 6 nitrogen and oxygen atoms in total. The average Bonchev–Trinajstić information content (AvgIpc) is 2.14. The van der Waals surface area contributed by atoms with Gasteiger partial charge < -0.3 is 4.74 Å². The Morgan fingerprint density at radius 1 is 1.47 bits per heavy atom. The number of hydrogen-bond donors (Lipinski definition) is 2. The monoisotopic (exact) mass is 262 g/mol. The molecule has 0 fully saturated rings. The molecule has 98 valence electrons. The second kappa shape index (κ2) is 7.14. The van der Waals surface area contributed by atoms with Crippen molar-refractivity contribution in [2.24, 2.45) is 0 Å². The highest BCUT2D eigenvalue weighted by molar-refractivity contribution is 7.88. The summed E-state index contributed by atoms with van der Waals surface area (Å²) in [5.41, 5.74) is 0. The van der Waals surface area contributed by atoms with E-state index in [1.807, 2.05) is 0 Å². The van der Waals surface area contributed by atoms with E-state index in [1.54, 1.807) is 25.5 Å². The maximum Gasteiger partial charge on any atom is 0.422 e. The number of ether oxygens (including phenoxy) is 1. The van der Waals surface area contributed by atoms with Gasteiger partial charge >= 0.3 is 16.3 Å². The molecule has 0 heterocycles. The molecule has 0 aliphatic heterocycles. The molecule has 1 unspecified atom stereocenters. The van der Waals surface area contributed by atoms with Crippen LogP contribution in [0.5, 0.6) is 0 Å². The summed E-state index contributed by atoms with van der Waals surface area (Å²) in [6.45, 7) is 5.02. The second-order valence-electron chi connectivity index (χ2n) is 3.69. The van der Waals surface area contributed by atoms with Crippen LogP contribution in [0, 0.1) is 12.3 Å². The number of rotatable bonds is 6. The number of amides is 1. The Morgan fingerprint density at radius 2 is 2.06 bits per heavy atom. The molecular formula is C10H18N2O4S. The number of terminal acetylenes is 1. The third-order valence-electron chi connectivity index (χ3n) is 1.74. The first-order chi connectivity index (χ1) is 7.80. The van der Waals surface area contributed by atoms with Crippen molar-refractivity contribution in [2.45, 2.75) is 45.8 Å². The highest BCUT2D eigenvalue weighted by atomic mass is 32.2. The highest BCUT2D eigenvalue weighted by Gasteiger charge is 2.19. The van der Waals surface area contributed by atoms with Crippen LogP contribution >= 0.6 is 0 Å². The molecule has 1 amide bonds. The van der Waals surface area contributed by atoms with Gasteiger partial charge in [0.25, 0.3) is 0 Å². The average molecular weight is 262 g/mol. The third kappa shape index (κ3) is 7.60. The molecule has 0 aromatic carbocycles. The van der Waals surface area contributed by atoms with Gasteiger partial charge in [-0.2, -0.15) is 13.1 Å².